The van der Waals surface area contributed by atoms with Crippen LogP contribution in [0.2, 0.25) is 0 Å². The molecular weight excluding hydrogens is 386 g/mol. The summed E-state index contributed by atoms with van der Waals surface area (Å²) in [6, 6.07) is 5.72. The standard InChI is InChI=1S/C21H29N5O2S/c1-6-24(7-2)13-14-25(20(27)16-11-12-22-26(16)8-3)21-23-18-17(28-5)10-9-15(4)19(18)29-21/h9-12H,6-8,13-14H2,1-5H3. The summed E-state index contributed by atoms with van der Waals surface area (Å²) in [5.41, 5.74) is 2.51. The molecule has 0 aliphatic heterocycles. The van der Waals surface area contributed by atoms with Crippen LogP contribution in [0, 0.1) is 6.92 Å². The van der Waals surface area contributed by atoms with Crippen LogP contribution in [0.3, 0.4) is 0 Å². The third kappa shape index (κ3) is 4.28. The predicted molar refractivity (Wildman–Crippen MR) is 118 cm³/mol. The zero-order chi connectivity index (χ0) is 21.0. The van der Waals surface area contributed by atoms with Gasteiger partial charge >= 0.3 is 0 Å². The minimum atomic E-state index is -0.0767. The summed E-state index contributed by atoms with van der Waals surface area (Å²) in [6.45, 7) is 12.2. The fourth-order valence-corrected chi connectivity index (χ4v) is 4.42. The Hall–Kier alpha value is -2.45. The maximum absolute atomic E-state index is 13.5. The minimum Gasteiger partial charge on any atom is -0.494 e. The first kappa shape index (κ1) is 21.3. The van der Waals surface area contributed by atoms with Crippen molar-refractivity contribution in [3.8, 4) is 5.75 Å². The Morgan fingerprint density at radius 2 is 1.93 bits per heavy atom. The Balaban J connectivity index is 2.04. The molecule has 1 aromatic carbocycles. The highest BCUT2D eigenvalue weighted by Crippen LogP contribution is 2.36. The summed E-state index contributed by atoms with van der Waals surface area (Å²) in [4.78, 5) is 22.4. The molecule has 3 aromatic rings. The number of aryl methyl sites for hydroxylation is 2. The predicted octanol–water partition coefficient (Wildman–Crippen LogP) is 3.82. The maximum Gasteiger partial charge on any atom is 0.278 e. The van der Waals surface area contributed by atoms with Crippen LogP contribution in [0.25, 0.3) is 10.2 Å². The van der Waals surface area contributed by atoms with Gasteiger partial charge in [-0.15, -0.1) is 0 Å². The number of likely N-dealkylation sites (N-methyl/N-ethyl adjacent to an activating group) is 1. The zero-order valence-corrected chi connectivity index (χ0v) is 18.6. The van der Waals surface area contributed by atoms with Crippen LogP contribution in [0.15, 0.2) is 24.4 Å². The van der Waals surface area contributed by atoms with Gasteiger partial charge in [0.25, 0.3) is 5.91 Å². The lowest BCUT2D eigenvalue weighted by Crippen LogP contribution is -2.39. The van der Waals surface area contributed by atoms with Gasteiger partial charge in [0.1, 0.15) is 17.0 Å². The minimum absolute atomic E-state index is 0.0767. The van der Waals surface area contributed by atoms with Crippen LogP contribution < -0.4 is 9.64 Å². The Morgan fingerprint density at radius 1 is 1.17 bits per heavy atom. The molecule has 8 heteroatoms. The van der Waals surface area contributed by atoms with Gasteiger partial charge in [-0.05, 0) is 44.6 Å². The molecule has 0 atom stereocenters. The van der Waals surface area contributed by atoms with Crippen molar-refractivity contribution in [1.29, 1.82) is 0 Å². The number of thiazole rings is 1. The Labute approximate surface area is 175 Å². The van der Waals surface area contributed by atoms with Crippen molar-refractivity contribution in [1.82, 2.24) is 19.7 Å². The number of carbonyl (C=O) groups is 1. The van der Waals surface area contributed by atoms with Gasteiger partial charge in [-0.3, -0.25) is 14.4 Å². The van der Waals surface area contributed by atoms with Crippen LogP contribution in [0.5, 0.6) is 5.75 Å². The van der Waals surface area contributed by atoms with Crippen molar-refractivity contribution in [2.24, 2.45) is 0 Å². The molecule has 1 amide bonds. The molecule has 0 spiro atoms. The lowest BCUT2D eigenvalue weighted by atomic mass is 10.2. The molecule has 7 nitrogen and oxygen atoms in total. The quantitative estimate of drug-likeness (QED) is 0.532. The molecule has 3 rings (SSSR count). The summed E-state index contributed by atoms with van der Waals surface area (Å²) in [5, 5.41) is 4.95. The number of benzene rings is 1. The number of amides is 1. The monoisotopic (exact) mass is 415 g/mol. The van der Waals surface area contributed by atoms with E-state index in [4.69, 9.17) is 9.72 Å². The van der Waals surface area contributed by atoms with Crippen LogP contribution >= 0.6 is 11.3 Å². The van der Waals surface area contributed by atoms with E-state index < -0.39 is 0 Å². The molecule has 0 fully saturated rings. The third-order valence-electron chi connectivity index (χ3n) is 5.16. The summed E-state index contributed by atoms with van der Waals surface area (Å²) in [6.07, 6.45) is 1.67. The van der Waals surface area contributed by atoms with Gasteiger partial charge in [-0.25, -0.2) is 4.98 Å². The first-order valence-electron chi connectivity index (χ1n) is 10.0. The van der Waals surface area contributed by atoms with Crippen LogP contribution in [0.1, 0.15) is 36.8 Å². The highest BCUT2D eigenvalue weighted by Gasteiger charge is 2.25. The number of hydrogen-bond acceptors (Lipinski definition) is 6. The summed E-state index contributed by atoms with van der Waals surface area (Å²) in [7, 11) is 1.65. The number of carbonyl (C=O) groups excluding carboxylic acids is 1. The van der Waals surface area contributed by atoms with Crippen LogP contribution in [-0.2, 0) is 6.54 Å². The van der Waals surface area contributed by atoms with E-state index >= 15 is 0 Å². The molecular formula is C21H29N5O2S. The van der Waals surface area contributed by atoms with Gasteiger partial charge in [0.2, 0.25) is 0 Å². The number of hydrogen-bond donors (Lipinski definition) is 0. The Kier molecular flexibility index (Phi) is 6.87. The van der Waals surface area contributed by atoms with Gasteiger partial charge in [0, 0.05) is 25.8 Å². The Bertz CT molecular complexity index is 977. The molecule has 0 saturated heterocycles. The fraction of sp³-hybridized carbons (Fsp3) is 0.476. The van der Waals surface area contributed by atoms with Crippen LogP contribution in [0.4, 0.5) is 5.13 Å². The van der Waals surface area contributed by atoms with Crippen molar-refractivity contribution in [3.05, 3.63) is 35.7 Å². The van der Waals surface area contributed by atoms with E-state index in [1.165, 1.54) is 11.3 Å². The van der Waals surface area contributed by atoms with E-state index in [1.54, 1.807) is 29.0 Å². The number of anilines is 1. The van der Waals surface area contributed by atoms with E-state index in [0.29, 0.717) is 23.9 Å². The molecule has 0 unspecified atom stereocenters. The number of ether oxygens (including phenoxy) is 1. The Morgan fingerprint density at radius 3 is 2.59 bits per heavy atom. The van der Waals surface area contributed by atoms with E-state index in [1.807, 2.05) is 19.1 Å². The van der Waals surface area contributed by atoms with E-state index in [9.17, 15) is 4.79 Å². The molecule has 0 saturated carbocycles. The van der Waals surface area contributed by atoms with Gasteiger partial charge in [0.15, 0.2) is 5.13 Å². The molecule has 0 N–H and O–H groups in total. The molecule has 0 aliphatic carbocycles. The van der Waals surface area contributed by atoms with Crippen molar-refractivity contribution in [2.75, 3.05) is 38.2 Å². The number of nitrogens with zero attached hydrogens (tertiary/aromatic N) is 5. The highest BCUT2D eigenvalue weighted by molar-refractivity contribution is 7.22. The van der Waals surface area contributed by atoms with Gasteiger partial charge in [0.05, 0.1) is 11.8 Å². The SMILES string of the molecule is CCN(CC)CCN(C(=O)c1ccnn1CC)c1nc2c(OC)ccc(C)c2s1. The highest BCUT2D eigenvalue weighted by atomic mass is 32.1. The van der Waals surface area contributed by atoms with Crippen LogP contribution in [-0.4, -0.2) is 58.9 Å². The second kappa shape index (κ2) is 9.37. The summed E-state index contributed by atoms with van der Waals surface area (Å²) >= 11 is 1.53. The number of aromatic nitrogens is 3. The normalized spacial score (nSPS) is 11.4. The van der Waals surface area contributed by atoms with Crippen molar-refractivity contribution >= 4 is 32.6 Å². The van der Waals surface area contributed by atoms with Crippen molar-refractivity contribution < 1.29 is 9.53 Å². The maximum atomic E-state index is 13.5. The molecule has 156 valence electrons. The van der Waals surface area contributed by atoms with Gasteiger partial charge in [-0.2, -0.15) is 5.10 Å². The molecule has 2 aromatic heterocycles. The largest absolute Gasteiger partial charge is 0.494 e. The molecule has 0 radical (unpaired) electrons. The molecule has 0 aliphatic rings. The van der Waals surface area contributed by atoms with E-state index in [0.717, 1.165) is 41.2 Å². The van der Waals surface area contributed by atoms with Gasteiger partial charge in [-0.1, -0.05) is 31.3 Å². The number of rotatable bonds is 9. The van der Waals surface area contributed by atoms with Crippen molar-refractivity contribution in [3.63, 3.8) is 0 Å². The summed E-state index contributed by atoms with van der Waals surface area (Å²) in [5.74, 6) is 0.648. The average Bonchev–Trinajstić information content (AvgIpc) is 3.39. The first-order chi connectivity index (χ1) is 14.0. The molecule has 2 heterocycles. The molecule has 0 bridgehead atoms. The second-order valence-electron chi connectivity index (χ2n) is 6.77. The smallest absolute Gasteiger partial charge is 0.278 e. The second-order valence-corrected chi connectivity index (χ2v) is 7.75. The third-order valence-corrected chi connectivity index (χ3v) is 6.37. The first-order valence-corrected chi connectivity index (χ1v) is 10.9. The van der Waals surface area contributed by atoms with Crippen molar-refractivity contribution in [2.45, 2.75) is 34.2 Å². The molecule has 29 heavy (non-hydrogen) atoms. The topological polar surface area (TPSA) is 63.5 Å². The van der Waals surface area contributed by atoms with Gasteiger partial charge < -0.3 is 9.64 Å². The fourth-order valence-electron chi connectivity index (χ4n) is 3.35. The zero-order valence-electron chi connectivity index (χ0n) is 17.8. The number of methoxy groups -OCH3 is 1. The summed E-state index contributed by atoms with van der Waals surface area (Å²) < 4.78 is 8.27. The van der Waals surface area contributed by atoms with E-state index in [-0.39, 0.29) is 5.91 Å². The lowest BCUT2D eigenvalue weighted by molar-refractivity contribution is 0.0973. The lowest BCUT2D eigenvalue weighted by Gasteiger charge is -2.24. The number of fused-ring (bicyclic) bond motifs is 1. The average molecular weight is 416 g/mol. The van der Waals surface area contributed by atoms with E-state index in [2.05, 4.69) is 30.8 Å².